The third kappa shape index (κ3) is 4.52. The number of likely N-dealkylation sites (N-methyl/N-ethyl adjacent to an activating group) is 1. The van der Waals surface area contributed by atoms with Crippen molar-refractivity contribution in [3.8, 4) is 0 Å². The van der Waals surface area contributed by atoms with E-state index in [2.05, 4.69) is 37.6 Å². The van der Waals surface area contributed by atoms with Crippen LogP contribution in [0, 0.1) is 0 Å². The lowest BCUT2D eigenvalue weighted by atomic mass is 10.0. The maximum atomic E-state index is 5.99. The van der Waals surface area contributed by atoms with Gasteiger partial charge in [0.05, 0.1) is 0 Å². The standard InChI is InChI=1S/C15H33N3/c1-5-6-7-8-9-15(10-16)18-11-13(2)17(4)14(3)12-18/h13-15H,5-12,16H2,1-4H3. The van der Waals surface area contributed by atoms with Crippen molar-refractivity contribution < 1.29 is 0 Å². The largest absolute Gasteiger partial charge is 0.329 e. The molecule has 0 bridgehead atoms. The Hall–Kier alpha value is -0.120. The molecule has 1 heterocycles. The van der Waals surface area contributed by atoms with Crippen molar-refractivity contribution in [3.63, 3.8) is 0 Å². The highest BCUT2D eigenvalue weighted by molar-refractivity contribution is 4.86. The van der Waals surface area contributed by atoms with Gasteiger partial charge in [-0.1, -0.05) is 32.6 Å². The third-order valence-corrected chi connectivity index (χ3v) is 4.57. The Kier molecular flexibility index (Phi) is 7.20. The maximum Gasteiger partial charge on any atom is 0.0219 e. The zero-order valence-electron chi connectivity index (χ0n) is 12.9. The fraction of sp³-hybridized carbons (Fsp3) is 1.00. The lowest BCUT2D eigenvalue weighted by molar-refractivity contribution is 0.0328. The summed E-state index contributed by atoms with van der Waals surface area (Å²) in [5, 5.41) is 0. The molecule has 0 radical (unpaired) electrons. The Labute approximate surface area is 114 Å². The Morgan fingerprint density at radius 2 is 1.72 bits per heavy atom. The minimum Gasteiger partial charge on any atom is -0.329 e. The van der Waals surface area contributed by atoms with E-state index in [4.69, 9.17) is 5.73 Å². The topological polar surface area (TPSA) is 32.5 Å². The van der Waals surface area contributed by atoms with E-state index in [-0.39, 0.29) is 0 Å². The van der Waals surface area contributed by atoms with Crippen LogP contribution >= 0.6 is 0 Å². The molecule has 1 saturated heterocycles. The van der Waals surface area contributed by atoms with E-state index in [9.17, 15) is 0 Å². The summed E-state index contributed by atoms with van der Waals surface area (Å²) in [7, 11) is 2.24. The van der Waals surface area contributed by atoms with Gasteiger partial charge < -0.3 is 5.73 Å². The fourth-order valence-corrected chi connectivity index (χ4v) is 3.00. The van der Waals surface area contributed by atoms with Gasteiger partial charge >= 0.3 is 0 Å². The van der Waals surface area contributed by atoms with E-state index in [0.717, 1.165) is 6.54 Å². The van der Waals surface area contributed by atoms with Crippen LogP contribution in [0.25, 0.3) is 0 Å². The van der Waals surface area contributed by atoms with Crippen LogP contribution in [-0.2, 0) is 0 Å². The molecule has 2 N–H and O–H groups in total. The van der Waals surface area contributed by atoms with Crippen molar-refractivity contribution in [2.75, 3.05) is 26.7 Å². The van der Waals surface area contributed by atoms with Crippen LogP contribution in [0.1, 0.15) is 52.9 Å². The molecule has 1 aliphatic heterocycles. The number of hydrogen-bond acceptors (Lipinski definition) is 3. The van der Waals surface area contributed by atoms with Gasteiger partial charge in [-0.2, -0.15) is 0 Å². The summed E-state index contributed by atoms with van der Waals surface area (Å²) in [6.45, 7) is 10.1. The average Bonchev–Trinajstić information content (AvgIpc) is 2.35. The predicted octanol–water partition coefficient (Wildman–Crippen LogP) is 2.31. The Balaban J connectivity index is 2.39. The second-order valence-corrected chi connectivity index (χ2v) is 6.06. The Morgan fingerprint density at radius 1 is 1.11 bits per heavy atom. The summed E-state index contributed by atoms with van der Waals surface area (Å²) in [6, 6.07) is 1.90. The fourth-order valence-electron chi connectivity index (χ4n) is 3.00. The Morgan fingerprint density at radius 3 is 2.22 bits per heavy atom. The molecule has 108 valence electrons. The number of piperazine rings is 1. The first-order valence-electron chi connectivity index (χ1n) is 7.76. The number of nitrogens with zero attached hydrogens (tertiary/aromatic N) is 2. The molecule has 1 aliphatic rings. The molecule has 3 atom stereocenters. The molecule has 0 aromatic heterocycles. The maximum absolute atomic E-state index is 5.99. The van der Waals surface area contributed by atoms with Crippen LogP contribution in [0.2, 0.25) is 0 Å². The van der Waals surface area contributed by atoms with Gasteiger partial charge in [0.1, 0.15) is 0 Å². The smallest absolute Gasteiger partial charge is 0.0219 e. The summed E-state index contributed by atoms with van der Waals surface area (Å²) in [5.41, 5.74) is 5.99. The van der Waals surface area contributed by atoms with Gasteiger partial charge in [-0.15, -0.1) is 0 Å². The first-order valence-corrected chi connectivity index (χ1v) is 7.76. The first kappa shape index (κ1) is 15.9. The minimum atomic E-state index is 0.598. The van der Waals surface area contributed by atoms with E-state index in [1.54, 1.807) is 0 Å². The zero-order chi connectivity index (χ0) is 13.5. The van der Waals surface area contributed by atoms with Crippen molar-refractivity contribution in [1.29, 1.82) is 0 Å². The van der Waals surface area contributed by atoms with Gasteiger partial charge in [-0.25, -0.2) is 0 Å². The highest BCUT2D eigenvalue weighted by Gasteiger charge is 2.29. The summed E-state index contributed by atoms with van der Waals surface area (Å²) >= 11 is 0. The normalized spacial score (nSPS) is 28.5. The molecular formula is C15H33N3. The van der Waals surface area contributed by atoms with Gasteiger partial charge in [-0.05, 0) is 27.3 Å². The van der Waals surface area contributed by atoms with Crippen molar-refractivity contribution in [1.82, 2.24) is 9.80 Å². The number of unbranched alkanes of at least 4 members (excludes halogenated alkanes) is 3. The third-order valence-electron chi connectivity index (χ3n) is 4.57. The van der Waals surface area contributed by atoms with Crippen LogP contribution in [0.3, 0.4) is 0 Å². The van der Waals surface area contributed by atoms with Crippen molar-refractivity contribution in [3.05, 3.63) is 0 Å². The summed E-state index contributed by atoms with van der Waals surface area (Å²) in [4.78, 5) is 5.11. The predicted molar refractivity (Wildman–Crippen MR) is 79.9 cm³/mol. The molecule has 0 saturated carbocycles. The molecule has 0 spiro atoms. The number of hydrogen-bond donors (Lipinski definition) is 1. The van der Waals surface area contributed by atoms with Gasteiger partial charge in [0, 0.05) is 37.8 Å². The van der Waals surface area contributed by atoms with Crippen LogP contribution in [0.15, 0.2) is 0 Å². The molecule has 3 unspecified atom stereocenters. The van der Waals surface area contributed by atoms with E-state index >= 15 is 0 Å². The average molecular weight is 255 g/mol. The van der Waals surface area contributed by atoms with E-state index in [0.29, 0.717) is 18.1 Å². The van der Waals surface area contributed by atoms with Crippen LogP contribution < -0.4 is 5.73 Å². The van der Waals surface area contributed by atoms with Crippen molar-refractivity contribution >= 4 is 0 Å². The van der Waals surface area contributed by atoms with Gasteiger partial charge in [0.25, 0.3) is 0 Å². The molecular weight excluding hydrogens is 222 g/mol. The summed E-state index contributed by atoms with van der Waals surface area (Å²) in [5.74, 6) is 0. The molecule has 0 aliphatic carbocycles. The first-order chi connectivity index (χ1) is 8.60. The molecule has 1 rings (SSSR count). The van der Waals surface area contributed by atoms with Crippen LogP contribution in [0.4, 0.5) is 0 Å². The van der Waals surface area contributed by atoms with Gasteiger partial charge in [-0.3, -0.25) is 9.80 Å². The second-order valence-electron chi connectivity index (χ2n) is 6.06. The van der Waals surface area contributed by atoms with Crippen LogP contribution in [0.5, 0.6) is 0 Å². The molecule has 18 heavy (non-hydrogen) atoms. The number of rotatable bonds is 7. The molecule has 1 fully saturated rings. The molecule has 3 heteroatoms. The SMILES string of the molecule is CCCCCCC(CN)N1CC(C)N(C)C(C)C1. The number of nitrogens with two attached hydrogens (primary N) is 1. The highest BCUT2D eigenvalue weighted by Crippen LogP contribution is 2.18. The summed E-state index contributed by atoms with van der Waals surface area (Å²) < 4.78 is 0. The minimum absolute atomic E-state index is 0.598. The van der Waals surface area contributed by atoms with E-state index in [1.807, 2.05) is 0 Å². The van der Waals surface area contributed by atoms with Crippen LogP contribution in [-0.4, -0.2) is 54.6 Å². The molecule has 0 aromatic rings. The van der Waals surface area contributed by atoms with Gasteiger partial charge in [0.15, 0.2) is 0 Å². The van der Waals surface area contributed by atoms with Gasteiger partial charge in [0.2, 0.25) is 0 Å². The quantitative estimate of drug-likeness (QED) is 0.709. The molecule has 0 amide bonds. The lowest BCUT2D eigenvalue weighted by Gasteiger charge is -2.45. The van der Waals surface area contributed by atoms with Crippen molar-refractivity contribution in [2.24, 2.45) is 5.73 Å². The summed E-state index contributed by atoms with van der Waals surface area (Å²) in [6.07, 6.45) is 6.67. The highest BCUT2D eigenvalue weighted by atomic mass is 15.3. The van der Waals surface area contributed by atoms with E-state index < -0.39 is 0 Å². The van der Waals surface area contributed by atoms with E-state index in [1.165, 1.54) is 45.2 Å². The molecule has 3 nitrogen and oxygen atoms in total. The zero-order valence-corrected chi connectivity index (χ0v) is 12.9. The van der Waals surface area contributed by atoms with Crippen molar-refractivity contribution in [2.45, 2.75) is 71.0 Å². The monoisotopic (exact) mass is 255 g/mol. The second kappa shape index (κ2) is 8.13. The lowest BCUT2D eigenvalue weighted by Crippen LogP contribution is -2.58. The molecule has 0 aromatic carbocycles. The Bertz CT molecular complexity index is 208.